The van der Waals surface area contributed by atoms with Crippen LogP contribution in [0, 0.1) is 0 Å². The monoisotopic (exact) mass is 408 g/mol. The highest BCUT2D eigenvalue weighted by atomic mass is 35.5. The van der Waals surface area contributed by atoms with Gasteiger partial charge in [0.15, 0.2) is 10.3 Å². The first-order chi connectivity index (χ1) is 12.2. The Labute approximate surface area is 163 Å². The number of H-pyrrole nitrogens is 2. The molecule has 0 bridgehead atoms. The Morgan fingerprint density at radius 1 is 0.760 bits per heavy atom. The minimum absolute atomic E-state index is 0.719. The number of benzene rings is 2. The molecule has 0 spiro atoms. The van der Waals surface area contributed by atoms with Crippen LogP contribution in [0.25, 0.3) is 22.1 Å². The fraction of sp³-hybridized carbons (Fsp3) is 0.176. The third kappa shape index (κ3) is 4.08. The topological polar surface area (TPSA) is 57.4 Å². The number of aromatic amines is 2. The summed E-state index contributed by atoms with van der Waals surface area (Å²) in [5.41, 5.74) is 3.85. The molecule has 128 valence electrons. The lowest BCUT2D eigenvalue weighted by Gasteiger charge is -1.97. The largest absolute Gasteiger partial charge is 0.333 e. The maximum atomic E-state index is 6.00. The third-order valence-corrected chi connectivity index (χ3v) is 6.00. The predicted molar refractivity (Wildman–Crippen MR) is 108 cm³/mol. The highest BCUT2D eigenvalue weighted by molar-refractivity contribution is 8.00. The van der Waals surface area contributed by atoms with Gasteiger partial charge in [0.05, 0.1) is 22.1 Å². The van der Waals surface area contributed by atoms with Gasteiger partial charge in [0.2, 0.25) is 0 Å². The van der Waals surface area contributed by atoms with Crippen LogP contribution in [0.5, 0.6) is 0 Å². The van der Waals surface area contributed by atoms with E-state index >= 15 is 0 Å². The van der Waals surface area contributed by atoms with Gasteiger partial charge in [-0.05, 0) is 42.8 Å². The van der Waals surface area contributed by atoms with Crippen molar-refractivity contribution in [3.05, 3.63) is 46.4 Å². The normalized spacial score (nSPS) is 11.6. The Morgan fingerprint density at radius 2 is 1.24 bits per heavy atom. The first kappa shape index (κ1) is 17.1. The first-order valence-corrected chi connectivity index (χ1v) is 10.5. The van der Waals surface area contributed by atoms with Crippen molar-refractivity contribution in [2.24, 2.45) is 0 Å². The zero-order valence-corrected chi connectivity index (χ0v) is 16.2. The molecule has 0 radical (unpaired) electrons. The SMILES string of the molecule is Clc1ccc2nc(SCCCSc3nc4ccc(Cl)cc4[nH]3)[nH]c2c1. The highest BCUT2D eigenvalue weighted by Gasteiger charge is 2.06. The number of aromatic nitrogens is 4. The predicted octanol–water partition coefficient (Wildman–Crippen LogP) is 6.02. The number of halogens is 2. The molecule has 0 fully saturated rings. The molecule has 4 nitrogen and oxygen atoms in total. The van der Waals surface area contributed by atoms with Crippen LogP contribution in [-0.2, 0) is 0 Å². The smallest absolute Gasteiger partial charge is 0.166 e. The van der Waals surface area contributed by atoms with Crippen molar-refractivity contribution in [3.63, 3.8) is 0 Å². The van der Waals surface area contributed by atoms with Crippen molar-refractivity contribution in [3.8, 4) is 0 Å². The van der Waals surface area contributed by atoms with Gasteiger partial charge in [-0.2, -0.15) is 0 Å². The molecule has 2 aromatic carbocycles. The van der Waals surface area contributed by atoms with E-state index in [1.807, 2.05) is 36.4 Å². The summed E-state index contributed by atoms with van der Waals surface area (Å²) in [7, 11) is 0. The zero-order valence-electron chi connectivity index (χ0n) is 13.1. The molecule has 4 aromatic rings. The molecule has 0 aliphatic rings. The summed E-state index contributed by atoms with van der Waals surface area (Å²) in [6, 6.07) is 11.4. The van der Waals surface area contributed by atoms with E-state index in [-0.39, 0.29) is 0 Å². The van der Waals surface area contributed by atoms with Crippen molar-refractivity contribution >= 4 is 68.8 Å². The molecule has 4 rings (SSSR count). The van der Waals surface area contributed by atoms with Crippen molar-refractivity contribution < 1.29 is 0 Å². The minimum atomic E-state index is 0.719. The average Bonchev–Trinajstić information content (AvgIpc) is 3.16. The molecule has 0 aliphatic carbocycles. The van der Waals surface area contributed by atoms with Crippen LogP contribution < -0.4 is 0 Å². The molecule has 0 unspecified atom stereocenters. The number of thioether (sulfide) groups is 2. The van der Waals surface area contributed by atoms with Crippen LogP contribution in [0.15, 0.2) is 46.7 Å². The molecule has 0 amide bonds. The minimum Gasteiger partial charge on any atom is -0.333 e. The lowest BCUT2D eigenvalue weighted by Crippen LogP contribution is -1.86. The molecule has 0 atom stereocenters. The van der Waals surface area contributed by atoms with Crippen LogP contribution in [0.1, 0.15) is 6.42 Å². The van der Waals surface area contributed by atoms with Gasteiger partial charge in [-0.15, -0.1) is 0 Å². The summed E-state index contributed by atoms with van der Waals surface area (Å²) >= 11 is 15.4. The first-order valence-electron chi connectivity index (χ1n) is 7.73. The van der Waals surface area contributed by atoms with E-state index in [0.29, 0.717) is 0 Å². The molecule has 25 heavy (non-hydrogen) atoms. The summed E-state index contributed by atoms with van der Waals surface area (Å²) < 4.78 is 0. The van der Waals surface area contributed by atoms with Gasteiger partial charge < -0.3 is 9.97 Å². The number of nitrogens with zero attached hydrogens (tertiary/aromatic N) is 2. The van der Waals surface area contributed by atoms with Gasteiger partial charge in [-0.1, -0.05) is 46.7 Å². The molecule has 0 saturated carbocycles. The maximum absolute atomic E-state index is 6.00. The molecule has 2 N–H and O–H groups in total. The second-order valence-electron chi connectivity index (χ2n) is 5.46. The Balaban J connectivity index is 1.28. The van der Waals surface area contributed by atoms with Crippen molar-refractivity contribution in [1.29, 1.82) is 0 Å². The summed E-state index contributed by atoms with van der Waals surface area (Å²) in [5, 5.41) is 3.30. The summed E-state index contributed by atoms with van der Waals surface area (Å²) in [4.78, 5) is 15.7. The van der Waals surface area contributed by atoms with E-state index in [9.17, 15) is 0 Å². The number of imidazole rings is 2. The van der Waals surface area contributed by atoms with Crippen molar-refractivity contribution in [2.45, 2.75) is 16.7 Å². The van der Waals surface area contributed by atoms with Crippen LogP contribution in [0.3, 0.4) is 0 Å². The Hall–Kier alpha value is -1.34. The fourth-order valence-corrected chi connectivity index (χ4v) is 4.63. The number of rotatable bonds is 6. The lowest BCUT2D eigenvalue weighted by atomic mass is 10.3. The van der Waals surface area contributed by atoms with Gasteiger partial charge in [0, 0.05) is 21.6 Å². The van der Waals surface area contributed by atoms with Gasteiger partial charge in [-0.25, -0.2) is 9.97 Å². The summed E-state index contributed by atoms with van der Waals surface area (Å²) in [5.74, 6) is 1.99. The highest BCUT2D eigenvalue weighted by Crippen LogP contribution is 2.25. The Bertz CT molecular complexity index is 946. The molecule has 0 aliphatic heterocycles. The van der Waals surface area contributed by atoms with Crippen molar-refractivity contribution in [1.82, 2.24) is 19.9 Å². The molecule has 8 heteroatoms. The number of nitrogens with one attached hydrogen (secondary N) is 2. The second kappa shape index (κ2) is 7.50. The van der Waals surface area contributed by atoms with Gasteiger partial charge in [0.1, 0.15) is 0 Å². The summed E-state index contributed by atoms with van der Waals surface area (Å²) in [6.45, 7) is 0. The zero-order chi connectivity index (χ0) is 17.2. The Morgan fingerprint density at radius 3 is 1.72 bits per heavy atom. The quantitative estimate of drug-likeness (QED) is 0.302. The average molecular weight is 409 g/mol. The fourth-order valence-electron chi connectivity index (χ4n) is 2.45. The van der Waals surface area contributed by atoms with Crippen LogP contribution in [-0.4, -0.2) is 31.4 Å². The van der Waals surface area contributed by atoms with E-state index < -0.39 is 0 Å². The number of hydrogen-bond acceptors (Lipinski definition) is 4. The third-order valence-electron chi connectivity index (χ3n) is 3.61. The van der Waals surface area contributed by atoms with E-state index in [1.54, 1.807) is 23.5 Å². The van der Waals surface area contributed by atoms with Gasteiger partial charge in [0.25, 0.3) is 0 Å². The van der Waals surface area contributed by atoms with E-state index in [2.05, 4.69) is 19.9 Å². The molecular weight excluding hydrogens is 395 g/mol. The molecular formula is C17H14Cl2N4S2. The number of hydrogen-bond donors (Lipinski definition) is 2. The van der Waals surface area contributed by atoms with E-state index in [0.717, 1.165) is 60.4 Å². The Kier molecular flexibility index (Phi) is 5.12. The molecule has 0 saturated heterocycles. The summed E-state index contributed by atoms with van der Waals surface area (Å²) in [6.07, 6.45) is 1.06. The van der Waals surface area contributed by atoms with Gasteiger partial charge >= 0.3 is 0 Å². The van der Waals surface area contributed by atoms with Crippen LogP contribution in [0.2, 0.25) is 10.0 Å². The standard InChI is InChI=1S/C17H14Cl2N4S2/c18-10-2-4-12-14(8-10)22-16(20-12)24-6-1-7-25-17-21-13-5-3-11(19)9-15(13)23-17/h2-5,8-9H,1,6-7H2,(H,20,22)(H,21,23). The van der Waals surface area contributed by atoms with Crippen LogP contribution >= 0.6 is 46.7 Å². The lowest BCUT2D eigenvalue weighted by molar-refractivity contribution is 1.04. The molecule has 2 heterocycles. The van der Waals surface area contributed by atoms with Crippen LogP contribution in [0.4, 0.5) is 0 Å². The van der Waals surface area contributed by atoms with Crippen molar-refractivity contribution in [2.75, 3.05) is 11.5 Å². The van der Waals surface area contributed by atoms with E-state index in [1.165, 1.54) is 0 Å². The van der Waals surface area contributed by atoms with E-state index in [4.69, 9.17) is 23.2 Å². The van der Waals surface area contributed by atoms with Gasteiger partial charge in [-0.3, -0.25) is 0 Å². The second-order valence-corrected chi connectivity index (χ2v) is 8.50. The number of fused-ring (bicyclic) bond motifs is 2. The molecule has 2 aromatic heterocycles. The maximum Gasteiger partial charge on any atom is 0.166 e.